The van der Waals surface area contributed by atoms with E-state index in [1.165, 1.54) is 23.2 Å². The van der Waals surface area contributed by atoms with Gasteiger partial charge in [0.25, 0.3) is 0 Å². The summed E-state index contributed by atoms with van der Waals surface area (Å²) in [6.45, 7) is 9.13. The number of carbonyl (C=O) groups excluding carboxylic acids is 6. The number of nitrogens with one attached hydrogen (secondary N) is 5. The molecule has 2 aliphatic rings. The van der Waals surface area contributed by atoms with E-state index < -0.39 is 65.7 Å². The van der Waals surface area contributed by atoms with E-state index in [1.54, 1.807) is 17.6 Å². The van der Waals surface area contributed by atoms with Crippen LogP contribution in [0.1, 0.15) is 64.3 Å². The lowest BCUT2D eigenvalue weighted by atomic mass is 9.85. The van der Waals surface area contributed by atoms with Gasteiger partial charge in [0, 0.05) is 19.5 Å². The second-order valence-corrected chi connectivity index (χ2v) is 13.9. The molecule has 2 aromatic rings. The molecule has 4 rings (SSSR count). The Labute approximate surface area is 284 Å². The lowest BCUT2D eigenvalue weighted by Crippen LogP contribution is -2.58. The summed E-state index contributed by atoms with van der Waals surface area (Å²) in [6, 6.07) is 3.22. The Morgan fingerprint density at radius 3 is 2.29 bits per heavy atom. The summed E-state index contributed by atoms with van der Waals surface area (Å²) in [5.41, 5.74) is 3.30. The first-order chi connectivity index (χ1) is 22.8. The molecule has 48 heavy (non-hydrogen) atoms. The van der Waals surface area contributed by atoms with Crippen LogP contribution in [-0.4, -0.2) is 96.3 Å². The molecule has 2 fully saturated rings. The van der Waals surface area contributed by atoms with Crippen molar-refractivity contribution in [2.45, 2.75) is 78.0 Å². The van der Waals surface area contributed by atoms with Gasteiger partial charge in [0.2, 0.25) is 35.4 Å². The highest BCUT2D eigenvalue weighted by atomic mass is 32.1. The van der Waals surface area contributed by atoms with Gasteiger partial charge in [-0.15, -0.1) is 11.3 Å². The number of thiazole rings is 1. The van der Waals surface area contributed by atoms with Gasteiger partial charge in [0.15, 0.2) is 0 Å². The third-order valence-corrected chi connectivity index (χ3v) is 9.25. The highest BCUT2D eigenvalue weighted by Crippen LogP contribution is 2.29. The molecule has 6 amide bonds. The van der Waals surface area contributed by atoms with E-state index in [9.17, 15) is 28.8 Å². The summed E-state index contributed by atoms with van der Waals surface area (Å²) in [5.74, 6) is -3.01. The number of aryl methyl sites for hydroxylation is 1. The van der Waals surface area contributed by atoms with Crippen molar-refractivity contribution < 1.29 is 33.5 Å². The average molecular weight is 684 g/mol. The van der Waals surface area contributed by atoms with Crippen LogP contribution in [-0.2, 0) is 33.5 Å². The summed E-state index contributed by atoms with van der Waals surface area (Å²) in [6.07, 6.45) is 0.923. The van der Waals surface area contributed by atoms with Crippen molar-refractivity contribution in [1.82, 2.24) is 36.5 Å². The Kier molecular flexibility index (Phi) is 12.3. The molecule has 0 radical (unpaired) electrons. The average Bonchev–Trinajstić information content (AvgIpc) is 3.71. The highest BCUT2D eigenvalue weighted by Gasteiger charge is 2.42. The normalized spacial score (nSPS) is 24.6. The second kappa shape index (κ2) is 16.2. The summed E-state index contributed by atoms with van der Waals surface area (Å²) in [4.78, 5) is 86.1. The summed E-state index contributed by atoms with van der Waals surface area (Å²) < 4.78 is 5.48. The van der Waals surface area contributed by atoms with E-state index in [1.807, 2.05) is 39.8 Å². The number of hydrogen-bond donors (Lipinski definition) is 5. The quantitative estimate of drug-likeness (QED) is 0.310. The van der Waals surface area contributed by atoms with Crippen LogP contribution < -0.4 is 26.6 Å². The Balaban J connectivity index is 1.62. The number of amides is 6. The summed E-state index contributed by atoms with van der Waals surface area (Å²) >= 11 is 1.49. The fourth-order valence-corrected chi connectivity index (χ4v) is 6.40. The van der Waals surface area contributed by atoms with Gasteiger partial charge in [-0.1, -0.05) is 45.0 Å². The van der Waals surface area contributed by atoms with Gasteiger partial charge >= 0.3 is 0 Å². The molecule has 1 aromatic carbocycles. The number of nitrogens with zero attached hydrogens (tertiary/aromatic N) is 2. The van der Waals surface area contributed by atoms with Gasteiger partial charge in [-0.3, -0.25) is 28.8 Å². The molecule has 0 spiro atoms. The largest absolute Gasteiger partial charge is 0.379 e. The molecule has 260 valence electrons. The minimum Gasteiger partial charge on any atom is -0.379 e. The van der Waals surface area contributed by atoms with Crippen LogP contribution >= 0.6 is 11.3 Å². The number of fused-ring (bicyclic) bond motifs is 1. The number of benzene rings is 1. The molecule has 0 bridgehead atoms. The minimum absolute atomic E-state index is 0.0116. The Morgan fingerprint density at radius 1 is 0.896 bits per heavy atom. The number of ether oxygens (including phenoxy) is 1. The first-order valence-corrected chi connectivity index (χ1v) is 17.0. The molecular formula is C33H45N7O7S. The molecule has 0 unspecified atom stereocenters. The predicted octanol–water partition coefficient (Wildman–Crippen LogP) is 0.955. The maximum Gasteiger partial charge on any atom is 0.247 e. The SMILES string of the molecule is Cc1ncsc1-c1ccc([C@H]2NC(=O)[C@@H]3CCCN3C(=O)[C@H](C(C)(C)C)NC(=O)CCOCCNC(=O)[C@@H](C)NC(=O)CNC2=O)cc1. The molecule has 2 saturated heterocycles. The third-order valence-electron chi connectivity index (χ3n) is 8.27. The van der Waals surface area contributed by atoms with Crippen molar-refractivity contribution in [3.8, 4) is 10.4 Å². The van der Waals surface area contributed by atoms with Gasteiger partial charge in [-0.05, 0) is 43.2 Å². The zero-order valence-electron chi connectivity index (χ0n) is 28.0. The molecule has 4 atom stereocenters. The lowest BCUT2D eigenvalue weighted by Gasteiger charge is -2.35. The predicted molar refractivity (Wildman–Crippen MR) is 178 cm³/mol. The second-order valence-electron chi connectivity index (χ2n) is 13.0. The summed E-state index contributed by atoms with van der Waals surface area (Å²) in [5, 5.41) is 13.4. The number of rotatable bonds is 2. The number of hydrogen-bond acceptors (Lipinski definition) is 9. The van der Waals surface area contributed by atoms with Gasteiger partial charge in [0.05, 0.1) is 35.8 Å². The van der Waals surface area contributed by atoms with Gasteiger partial charge in [0.1, 0.15) is 24.2 Å². The van der Waals surface area contributed by atoms with Crippen LogP contribution in [0.5, 0.6) is 0 Å². The van der Waals surface area contributed by atoms with Crippen molar-refractivity contribution >= 4 is 46.8 Å². The van der Waals surface area contributed by atoms with Crippen LogP contribution in [0.4, 0.5) is 0 Å². The van der Waals surface area contributed by atoms with E-state index in [0.717, 1.165) is 16.1 Å². The molecule has 14 nitrogen and oxygen atoms in total. The summed E-state index contributed by atoms with van der Waals surface area (Å²) in [7, 11) is 0. The van der Waals surface area contributed by atoms with E-state index >= 15 is 0 Å². The van der Waals surface area contributed by atoms with Gasteiger partial charge in [-0.25, -0.2) is 4.98 Å². The van der Waals surface area contributed by atoms with Crippen molar-refractivity contribution in [2.75, 3.05) is 32.8 Å². The Hall–Kier alpha value is -4.37. The van der Waals surface area contributed by atoms with Crippen molar-refractivity contribution in [3.63, 3.8) is 0 Å². The van der Waals surface area contributed by atoms with Crippen LogP contribution in [0.25, 0.3) is 10.4 Å². The van der Waals surface area contributed by atoms with E-state index in [-0.39, 0.29) is 32.1 Å². The lowest BCUT2D eigenvalue weighted by molar-refractivity contribution is -0.144. The molecular weight excluding hydrogens is 638 g/mol. The first kappa shape index (κ1) is 36.5. The van der Waals surface area contributed by atoms with Gasteiger partial charge < -0.3 is 36.2 Å². The minimum atomic E-state index is -1.20. The fourth-order valence-electron chi connectivity index (χ4n) is 5.59. The van der Waals surface area contributed by atoms with Crippen molar-refractivity contribution in [1.29, 1.82) is 0 Å². The molecule has 3 heterocycles. The zero-order chi connectivity index (χ0) is 35.0. The van der Waals surface area contributed by atoms with Crippen LogP contribution in [0.15, 0.2) is 29.8 Å². The smallest absolute Gasteiger partial charge is 0.247 e. The fraction of sp³-hybridized carbons (Fsp3) is 0.545. The molecule has 5 N–H and O–H groups in total. The molecule has 15 heteroatoms. The molecule has 1 aromatic heterocycles. The van der Waals surface area contributed by atoms with E-state index in [4.69, 9.17) is 4.74 Å². The topological polar surface area (TPSA) is 188 Å². The third kappa shape index (κ3) is 9.37. The number of carbonyl (C=O) groups is 6. The monoisotopic (exact) mass is 683 g/mol. The van der Waals surface area contributed by atoms with Crippen LogP contribution in [0.3, 0.4) is 0 Å². The first-order valence-electron chi connectivity index (χ1n) is 16.1. The number of aromatic nitrogens is 1. The van der Waals surface area contributed by atoms with Gasteiger partial charge in [-0.2, -0.15) is 0 Å². The van der Waals surface area contributed by atoms with Crippen molar-refractivity contribution in [3.05, 3.63) is 41.0 Å². The highest BCUT2D eigenvalue weighted by molar-refractivity contribution is 7.13. The molecule has 0 saturated carbocycles. The maximum absolute atomic E-state index is 13.9. The molecule has 0 aliphatic carbocycles. The maximum atomic E-state index is 13.9. The molecule has 2 aliphatic heterocycles. The zero-order valence-corrected chi connectivity index (χ0v) is 28.8. The Morgan fingerprint density at radius 2 is 1.62 bits per heavy atom. The van der Waals surface area contributed by atoms with Crippen LogP contribution in [0, 0.1) is 12.3 Å². The van der Waals surface area contributed by atoms with E-state index in [0.29, 0.717) is 24.9 Å². The standard InChI is InChI=1S/C33H45N7O7S/c1-19-27(48-18-36-19)22-10-8-21(9-11-22)26-31(45)35-17-25(42)37-20(2)29(43)34-13-16-47-15-12-24(41)38-28(33(3,4)5)32(46)40-14-6-7-23(40)30(44)39-26/h8-11,18,20,23,26,28H,6-7,12-17H2,1-5H3,(H,34,43)(H,35,45)(H,37,42)(H,38,41)(H,39,44)/t20-,23+,26-,28-/m1/s1. The van der Waals surface area contributed by atoms with Crippen LogP contribution in [0.2, 0.25) is 0 Å². The Bertz CT molecular complexity index is 1500. The van der Waals surface area contributed by atoms with Crippen molar-refractivity contribution in [2.24, 2.45) is 5.41 Å². The van der Waals surface area contributed by atoms with E-state index in [2.05, 4.69) is 31.6 Å².